The predicted octanol–water partition coefficient (Wildman–Crippen LogP) is 3.06. The van der Waals surface area contributed by atoms with E-state index < -0.39 is 23.7 Å². The summed E-state index contributed by atoms with van der Waals surface area (Å²) in [7, 11) is 3.07. The summed E-state index contributed by atoms with van der Waals surface area (Å²) in [5.74, 6) is -0.946. The van der Waals surface area contributed by atoms with Gasteiger partial charge in [0.25, 0.3) is 5.91 Å². The third kappa shape index (κ3) is 3.78. The van der Waals surface area contributed by atoms with Crippen LogP contribution in [0, 0.1) is 12.7 Å². The Bertz CT molecular complexity index is 1050. The lowest BCUT2D eigenvalue weighted by Gasteiger charge is -2.19. The number of halogens is 1. The number of carbonyl (C=O) groups is 2. The van der Waals surface area contributed by atoms with Crippen LogP contribution in [0.25, 0.3) is 0 Å². The van der Waals surface area contributed by atoms with Crippen molar-refractivity contribution >= 4 is 11.9 Å². The first-order valence-corrected chi connectivity index (χ1v) is 9.21. The van der Waals surface area contributed by atoms with Crippen LogP contribution in [0.2, 0.25) is 0 Å². The Morgan fingerprint density at radius 3 is 2.66 bits per heavy atom. The molecule has 2 aromatic heterocycles. The summed E-state index contributed by atoms with van der Waals surface area (Å²) >= 11 is 0. The van der Waals surface area contributed by atoms with Crippen molar-refractivity contribution in [2.75, 3.05) is 7.11 Å². The number of aromatic amines is 1. The van der Waals surface area contributed by atoms with Crippen molar-refractivity contribution in [3.63, 3.8) is 0 Å². The molecule has 0 aliphatic heterocycles. The number of esters is 1. The van der Waals surface area contributed by atoms with E-state index in [2.05, 4.69) is 15.3 Å². The summed E-state index contributed by atoms with van der Waals surface area (Å²) in [5, 5.41) is 2.85. The SMILES string of the molecule is CCc1[nH]c(C(=O)NC(c2ccccc2F)c2nccn2C)c(C)c1C(=O)OC. The van der Waals surface area contributed by atoms with E-state index in [1.807, 2.05) is 6.92 Å². The summed E-state index contributed by atoms with van der Waals surface area (Å²) in [6.45, 7) is 3.55. The van der Waals surface area contributed by atoms with Gasteiger partial charge in [-0.25, -0.2) is 14.2 Å². The zero-order valence-corrected chi connectivity index (χ0v) is 16.7. The Morgan fingerprint density at radius 1 is 1.34 bits per heavy atom. The maximum Gasteiger partial charge on any atom is 0.339 e. The highest BCUT2D eigenvalue weighted by molar-refractivity contribution is 6.00. The topological polar surface area (TPSA) is 89.0 Å². The highest BCUT2D eigenvalue weighted by Crippen LogP contribution is 2.25. The molecule has 0 aliphatic carbocycles. The Hall–Kier alpha value is -3.42. The Morgan fingerprint density at radius 2 is 2.07 bits per heavy atom. The second-order valence-electron chi connectivity index (χ2n) is 6.65. The van der Waals surface area contributed by atoms with Crippen LogP contribution < -0.4 is 5.32 Å². The van der Waals surface area contributed by atoms with Crippen molar-refractivity contribution in [3.05, 3.63) is 76.4 Å². The maximum atomic E-state index is 14.5. The number of carbonyl (C=O) groups excluding carboxylic acids is 2. The third-order valence-corrected chi connectivity index (χ3v) is 4.91. The fourth-order valence-corrected chi connectivity index (χ4v) is 3.38. The lowest BCUT2D eigenvalue weighted by atomic mass is 10.0. The molecule has 1 atom stereocenters. The van der Waals surface area contributed by atoms with Gasteiger partial charge in [0.15, 0.2) is 0 Å². The van der Waals surface area contributed by atoms with E-state index >= 15 is 0 Å². The minimum atomic E-state index is -0.807. The van der Waals surface area contributed by atoms with E-state index in [-0.39, 0.29) is 5.69 Å². The number of imidazole rings is 1. The summed E-state index contributed by atoms with van der Waals surface area (Å²) in [6.07, 6.45) is 3.83. The van der Waals surface area contributed by atoms with Crippen LogP contribution >= 0.6 is 0 Å². The third-order valence-electron chi connectivity index (χ3n) is 4.91. The van der Waals surface area contributed by atoms with Crippen LogP contribution in [-0.2, 0) is 18.2 Å². The van der Waals surface area contributed by atoms with Crippen LogP contribution in [0.5, 0.6) is 0 Å². The molecule has 0 saturated carbocycles. The number of hydrogen-bond acceptors (Lipinski definition) is 4. The van der Waals surface area contributed by atoms with Gasteiger partial charge in [-0.1, -0.05) is 25.1 Å². The Labute approximate surface area is 167 Å². The fraction of sp³-hybridized carbons (Fsp3) is 0.286. The molecule has 8 heteroatoms. The predicted molar refractivity (Wildman–Crippen MR) is 105 cm³/mol. The van der Waals surface area contributed by atoms with Crippen molar-refractivity contribution in [2.45, 2.75) is 26.3 Å². The normalized spacial score (nSPS) is 11.9. The Kier molecular flexibility index (Phi) is 5.81. The van der Waals surface area contributed by atoms with E-state index in [1.54, 1.807) is 49.1 Å². The lowest BCUT2D eigenvalue weighted by Crippen LogP contribution is -2.32. The molecule has 0 aliphatic rings. The first kappa shape index (κ1) is 20.3. The van der Waals surface area contributed by atoms with Gasteiger partial charge in [-0.15, -0.1) is 0 Å². The van der Waals surface area contributed by atoms with Gasteiger partial charge >= 0.3 is 5.97 Å². The standard InChI is InChI=1S/C21H23FN4O3/c1-5-15-16(21(28)29-4)12(2)17(24-15)20(27)25-18(19-23-10-11-26(19)3)13-8-6-7-9-14(13)22/h6-11,18,24H,5H2,1-4H3,(H,25,27). The molecule has 1 unspecified atom stereocenters. The minimum absolute atomic E-state index is 0.234. The second kappa shape index (κ2) is 8.30. The molecule has 0 bridgehead atoms. The molecule has 7 nitrogen and oxygen atoms in total. The molecule has 152 valence electrons. The average Bonchev–Trinajstić information content (AvgIpc) is 3.28. The smallest absolute Gasteiger partial charge is 0.339 e. The van der Waals surface area contributed by atoms with Crippen molar-refractivity contribution in [1.29, 1.82) is 0 Å². The maximum absolute atomic E-state index is 14.5. The number of H-pyrrole nitrogens is 1. The van der Waals surface area contributed by atoms with Crippen LogP contribution in [0.15, 0.2) is 36.7 Å². The molecule has 3 aromatic rings. The Balaban J connectivity index is 2.02. The number of aryl methyl sites for hydroxylation is 2. The highest BCUT2D eigenvalue weighted by atomic mass is 19.1. The molecule has 1 aromatic carbocycles. The molecule has 29 heavy (non-hydrogen) atoms. The zero-order chi connectivity index (χ0) is 21.1. The first-order chi connectivity index (χ1) is 13.9. The van der Waals surface area contributed by atoms with Gasteiger partial charge in [0.2, 0.25) is 0 Å². The number of amides is 1. The lowest BCUT2D eigenvalue weighted by molar-refractivity contribution is 0.0599. The van der Waals surface area contributed by atoms with Gasteiger partial charge in [-0.2, -0.15) is 0 Å². The van der Waals surface area contributed by atoms with Gasteiger partial charge in [0.05, 0.1) is 12.7 Å². The molecule has 2 N–H and O–H groups in total. The fourth-order valence-electron chi connectivity index (χ4n) is 3.38. The molecule has 3 rings (SSSR count). The minimum Gasteiger partial charge on any atom is -0.465 e. The molecular weight excluding hydrogens is 375 g/mol. The van der Waals surface area contributed by atoms with Gasteiger partial charge in [0.1, 0.15) is 23.4 Å². The number of benzene rings is 1. The second-order valence-corrected chi connectivity index (χ2v) is 6.65. The van der Waals surface area contributed by atoms with Crippen molar-refractivity contribution in [2.24, 2.45) is 7.05 Å². The van der Waals surface area contributed by atoms with Crippen LogP contribution in [0.1, 0.15) is 56.5 Å². The van der Waals surface area contributed by atoms with Gasteiger partial charge in [0, 0.05) is 30.7 Å². The number of ether oxygens (including phenoxy) is 1. The number of nitrogens with one attached hydrogen (secondary N) is 2. The molecule has 0 saturated heterocycles. The van der Waals surface area contributed by atoms with Gasteiger partial charge < -0.3 is 19.6 Å². The van der Waals surface area contributed by atoms with E-state index in [4.69, 9.17) is 4.74 Å². The quantitative estimate of drug-likeness (QED) is 0.625. The number of aromatic nitrogens is 3. The summed E-state index contributed by atoms with van der Waals surface area (Å²) < 4.78 is 21.1. The number of nitrogens with zero attached hydrogens (tertiary/aromatic N) is 2. The molecular formula is C21H23FN4O3. The summed E-state index contributed by atoms with van der Waals surface area (Å²) in [4.78, 5) is 32.5. The highest BCUT2D eigenvalue weighted by Gasteiger charge is 2.28. The van der Waals surface area contributed by atoms with Gasteiger partial charge in [-0.05, 0) is 25.0 Å². The largest absolute Gasteiger partial charge is 0.465 e. The van der Waals surface area contributed by atoms with E-state index in [1.165, 1.54) is 13.2 Å². The number of methoxy groups -OCH3 is 1. The monoisotopic (exact) mass is 398 g/mol. The number of rotatable bonds is 6. The summed E-state index contributed by atoms with van der Waals surface area (Å²) in [6, 6.07) is 5.42. The summed E-state index contributed by atoms with van der Waals surface area (Å²) in [5.41, 5.74) is 1.97. The molecule has 1 amide bonds. The van der Waals surface area contributed by atoms with Crippen molar-refractivity contribution in [1.82, 2.24) is 19.9 Å². The molecule has 0 fully saturated rings. The van der Waals surface area contributed by atoms with Crippen LogP contribution in [0.4, 0.5) is 4.39 Å². The van der Waals surface area contributed by atoms with Crippen molar-refractivity contribution in [3.8, 4) is 0 Å². The van der Waals surface area contributed by atoms with Gasteiger partial charge in [-0.3, -0.25) is 4.79 Å². The van der Waals surface area contributed by atoms with E-state index in [0.29, 0.717) is 34.6 Å². The van der Waals surface area contributed by atoms with E-state index in [9.17, 15) is 14.0 Å². The van der Waals surface area contributed by atoms with Crippen LogP contribution in [-0.4, -0.2) is 33.5 Å². The zero-order valence-electron chi connectivity index (χ0n) is 16.7. The molecule has 0 spiro atoms. The first-order valence-electron chi connectivity index (χ1n) is 9.21. The van der Waals surface area contributed by atoms with E-state index in [0.717, 1.165) is 0 Å². The molecule has 0 radical (unpaired) electrons. The average molecular weight is 398 g/mol. The molecule has 2 heterocycles. The van der Waals surface area contributed by atoms with Crippen molar-refractivity contribution < 1.29 is 18.7 Å². The van der Waals surface area contributed by atoms with Crippen LogP contribution in [0.3, 0.4) is 0 Å². The number of hydrogen-bond donors (Lipinski definition) is 2.